The van der Waals surface area contributed by atoms with E-state index in [1.54, 1.807) is 4.90 Å². The molecule has 10 nitrogen and oxygen atoms in total. The number of amides is 1. The lowest BCUT2D eigenvalue weighted by Crippen LogP contribution is -2.44. The highest BCUT2D eigenvalue weighted by molar-refractivity contribution is 7.89. The molecule has 1 heterocycles. The second-order valence-electron chi connectivity index (χ2n) is 4.96. The molecular formula is C12H16N4O6S. The molecule has 0 aliphatic carbocycles. The molecule has 1 unspecified atom stereocenters. The Kier molecular flexibility index (Phi) is 5.13. The highest BCUT2D eigenvalue weighted by Gasteiger charge is 2.22. The Morgan fingerprint density at radius 1 is 1.52 bits per heavy atom. The maximum atomic E-state index is 11.3. The van der Waals surface area contributed by atoms with Gasteiger partial charge in [-0.1, -0.05) is 0 Å². The number of morpholine rings is 1. The standard InChI is InChI=1S/C12H16N4O6S/c13-23(20,21)10-1-2-11(12(5-10)16(18)19)14-6-9-7-15(8-17)3-4-22-9/h1-2,5,8-9,14H,3-4,6-7H2,(H2,13,20,21). The van der Waals surface area contributed by atoms with Gasteiger partial charge >= 0.3 is 0 Å². The topological polar surface area (TPSA) is 145 Å². The van der Waals surface area contributed by atoms with E-state index in [0.29, 0.717) is 19.7 Å². The van der Waals surface area contributed by atoms with Gasteiger partial charge in [-0.15, -0.1) is 0 Å². The Balaban J connectivity index is 2.13. The number of primary sulfonamides is 1. The van der Waals surface area contributed by atoms with Gasteiger partial charge in [-0.3, -0.25) is 14.9 Å². The number of carbonyl (C=O) groups excluding carboxylic acids is 1. The Labute approximate surface area is 132 Å². The lowest BCUT2D eigenvalue weighted by atomic mass is 10.2. The second-order valence-corrected chi connectivity index (χ2v) is 6.52. The molecule has 0 saturated carbocycles. The largest absolute Gasteiger partial charge is 0.377 e. The third-order valence-corrected chi connectivity index (χ3v) is 4.24. The minimum Gasteiger partial charge on any atom is -0.377 e. The number of nitrogens with one attached hydrogen (secondary N) is 1. The molecule has 11 heteroatoms. The molecule has 1 aromatic rings. The van der Waals surface area contributed by atoms with E-state index in [1.807, 2.05) is 0 Å². The van der Waals surface area contributed by atoms with Gasteiger partial charge in [0.05, 0.1) is 22.5 Å². The molecule has 0 bridgehead atoms. The Morgan fingerprint density at radius 3 is 2.87 bits per heavy atom. The van der Waals surface area contributed by atoms with Crippen LogP contribution in [0.1, 0.15) is 0 Å². The zero-order chi connectivity index (χ0) is 17.0. The van der Waals surface area contributed by atoms with Crippen molar-refractivity contribution in [1.82, 2.24) is 4.90 Å². The summed E-state index contributed by atoms with van der Waals surface area (Å²) in [6.07, 6.45) is 0.408. The van der Waals surface area contributed by atoms with E-state index in [9.17, 15) is 23.3 Å². The average molecular weight is 344 g/mol. The van der Waals surface area contributed by atoms with Crippen LogP contribution in [0, 0.1) is 10.1 Å². The van der Waals surface area contributed by atoms with Crippen LogP contribution in [-0.2, 0) is 19.6 Å². The third kappa shape index (κ3) is 4.37. The van der Waals surface area contributed by atoms with E-state index in [-0.39, 0.29) is 23.2 Å². The van der Waals surface area contributed by atoms with Crippen LogP contribution in [-0.4, -0.2) is 57.0 Å². The summed E-state index contributed by atoms with van der Waals surface area (Å²) in [6, 6.07) is 3.36. The van der Waals surface area contributed by atoms with Gasteiger partial charge in [0.1, 0.15) is 5.69 Å². The normalized spacial score (nSPS) is 18.5. The molecule has 0 radical (unpaired) electrons. The first-order valence-electron chi connectivity index (χ1n) is 6.67. The third-order valence-electron chi connectivity index (χ3n) is 3.33. The molecule has 1 fully saturated rings. The lowest BCUT2D eigenvalue weighted by molar-refractivity contribution is -0.384. The number of hydrogen-bond acceptors (Lipinski definition) is 7. The van der Waals surface area contributed by atoms with Gasteiger partial charge in [0.25, 0.3) is 5.69 Å². The Bertz CT molecular complexity index is 708. The SMILES string of the molecule is NS(=O)(=O)c1ccc(NCC2CN(C=O)CCO2)c([N+](=O)[O-])c1. The lowest BCUT2D eigenvalue weighted by Gasteiger charge is -2.30. The van der Waals surface area contributed by atoms with Gasteiger partial charge in [0.2, 0.25) is 16.4 Å². The summed E-state index contributed by atoms with van der Waals surface area (Å²) in [6.45, 7) is 1.50. The van der Waals surface area contributed by atoms with Gasteiger partial charge in [-0.2, -0.15) is 0 Å². The number of carbonyl (C=O) groups is 1. The summed E-state index contributed by atoms with van der Waals surface area (Å²) in [4.78, 5) is 22.4. The smallest absolute Gasteiger partial charge is 0.293 e. The van der Waals surface area contributed by atoms with Crippen LogP contribution in [0.4, 0.5) is 11.4 Å². The van der Waals surface area contributed by atoms with E-state index in [1.165, 1.54) is 12.1 Å². The summed E-state index contributed by atoms with van der Waals surface area (Å²) < 4.78 is 28.0. The van der Waals surface area contributed by atoms with Crippen molar-refractivity contribution in [2.24, 2.45) is 5.14 Å². The van der Waals surface area contributed by atoms with E-state index < -0.39 is 20.6 Å². The van der Waals surface area contributed by atoms with Crippen molar-refractivity contribution in [3.8, 4) is 0 Å². The van der Waals surface area contributed by atoms with E-state index in [0.717, 1.165) is 12.5 Å². The van der Waals surface area contributed by atoms with Crippen molar-refractivity contribution in [2.75, 3.05) is 31.6 Å². The number of ether oxygens (including phenoxy) is 1. The highest BCUT2D eigenvalue weighted by atomic mass is 32.2. The van der Waals surface area contributed by atoms with E-state index in [2.05, 4.69) is 5.32 Å². The fraction of sp³-hybridized carbons (Fsp3) is 0.417. The van der Waals surface area contributed by atoms with Crippen molar-refractivity contribution in [3.63, 3.8) is 0 Å². The van der Waals surface area contributed by atoms with Crippen LogP contribution < -0.4 is 10.5 Å². The molecule has 1 aliphatic rings. The maximum absolute atomic E-state index is 11.3. The van der Waals surface area contributed by atoms with Gasteiger partial charge < -0.3 is 15.0 Å². The number of nitro benzene ring substituents is 1. The molecule has 0 aromatic heterocycles. The predicted octanol–water partition coefficient (Wildman–Crippen LogP) is -0.489. The highest BCUT2D eigenvalue weighted by Crippen LogP contribution is 2.27. The van der Waals surface area contributed by atoms with Crippen LogP contribution in [0.3, 0.4) is 0 Å². The number of anilines is 1. The minimum atomic E-state index is -4.02. The van der Waals surface area contributed by atoms with Gasteiger partial charge in [-0.25, -0.2) is 13.6 Å². The summed E-state index contributed by atoms with van der Waals surface area (Å²) in [7, 11) is -4.02. The first-order valence-corrected chi connectivity index (χ1v) is 8.22. The number of nitrogens with zero attached hydrogens (tertiary/aromatic N) is 2. The molecule has 126 valence electrons. The number of nitro groups is 1. The van der Waals surface area contributed by atoms with Crippen molar-refractivity contribution >= 4 is 27.8 Å². The van der Waals surface area contributed by atoms with Crippen molar-refractivity contribution in [1.29, 1.82) is 0 Å². The minimum absolute atomic E-state index is 0.147. The fourth-order valence-corrected chi connectivity index (χ4v) is 2.71. The van der Waals surface area contributed by atoms with Crippen LogP contribution in [0.5, 0.6) is 0 Å². The number of hydrogen-bond donors (Lipinski definition) is 2. The van der Waals surface area contributed by atoms with Gasteiger partial charge in [0.15, 0.2) is 0 Å². The summed E-state index contributed by atoms with van der Waals surface area (Å²) in [5.74, 6) is 0. The first kappa shape index (κ1) is 17.1. The summed E-state index contributed by atoms with van der Waals surface area (Å²) >= 11 is 0. The van der Waals surface area contributed by atoms with Crippen LogP contribution in [0.2, 0.25) is 0 Å². The fourth-order valence-electron chi connectivity index (χ4n) is 2.17. The molecular weight excluding hydrogens is 328 g/mol. The molecule has 3 N–H and O–H groups in total. The molecule has 2 rings (SSSR count). The van der Waals surface area contributed by atoms with Crippen molar-refractivity contribution < 1.29 is 22.9 Å². The summed E-state index contributed by atoms with van der Waals surface area (Å²) in [5, 5.41) is 18.9. The quantitative estimate of drug-likeness (QED) is 0.402. The molecule has 23 heavy (non-hydrogen) atoms. The molecule has 1 aliphatic heterocycles. The zero-order valence-corrected chi connectivity index (χ0v) is 12.9. The Morgan fingerprint density at radius 2 is 2.26 bits per heavy atom. The first-order chi connectivity index (χ1) is 10.8. The number of nitrogens with two attached hydrogens (primary N) is 1. The zero-order valence-electron chi connectivity index (χ0n) is 12.0. The summed E-state index contributed by atoms with van der Waals surface area (Å²) in [5.41, 5.74) is -0.256. The van der Waals surface area contributed by atoms with Gasteiger partial charge in [-0.05, 0) is 12.1 Å². The number of rotatable bonds is 6. The van der Waals surface area contributed by atoms with Crippen molar-refractivity contribution in [3.05, 3.63) is 28.3 Å². The maximum Gasteiger partial charge on any atom is 0.293 e. The van der Waals surface area contributed by atoms with Crippen molar-refractivity contribution in [2.45, 2.75) is 11.0 Å². The van der Waals surface area contributed by atoms with Gasteiger partial charge in [0, 0.05) is 25.7 Å². The second kappa shape index (κ2) is 6.89. The van der Waals surface area contributed by atoms with Crippen LogP contribution >= 0.6 is 0 Å². The van der Waals surface area contributed by atoms with Crippen LogP contribution in [0.15, 0.2) is 23.1 Å². The monoisotopic (exact) mass is 344 g/mol. The molecule has 0 spiro atoms. The molecule has 1 saturated heterocycles. The number of sulfonamides is 1. The number of benzene rings is 1. The predicted molar refractivity (Wildman–Crippen MR) is 80.3 cm³/mol. The van der Waals surface area contributed by atoms with E-state index >= 15 is 0 Å². The molecule has 1 aromatic carbocycles. The van der Waals surface area contributed by atoms with Crippen LogP contribution in [0.25, 0.3) is 0 Å². The average Bonchev–Trinajstić information content (AvgIpc) is 2.52. The molecule has 1 amide bonds. The molecule has 1 atom stereocenters. The van der Waals surface area contributed by atoms with E-state index in [4.69, 9.17) is 9.88 Å². The Hall–Kier alpha value is -2.24.